The third kappa shape index (κ3) is 11.7. The summed E-state index contributed by atoms with van der Waals surface area (Å²) in [7, 11) is -1.65. The topological polar surface area (TPSA) is 120 Å². The molecule has 0 spiro atoms. The molecule has 3 aromatic rings. The number of aryl methyl sites for hydroxylation is 1. The van der Waals surface area contributed by atoms with Gasteiger partial charge in [-0.15, -0.1) is 0 Å². The number of sulfone groups is 1. The SMILES string of the molecule is CC(=O)OC(C)(C)C.COc1ccc(C)c(C)c1C.CS(=O)(=O)c1ccccc1C#Cc1ccc(C(=O)O)nc1. The van der Waals surface area contributed by atoms with E-state index in [0.717, 1.165) is 12.0 Å². The maximum absolute atomic E-state index is 11.6. The Morgan fingerprint density at radius 1 is 0.925 bits per heavy atom. The molecule has 214 valence electrons. The first-order valence-corrected chi connectivity index (χ1v) is 14.2. The number of hydrogen-bond acceptors (Lipinski definition) is 7. The molecule has 0 saturated heterocycles. The van der Waals surface area contributed by atoms with Crippen molar-refractivity contribution in [1.29, 1.82) is 0 Å². The molecule has 0 fully saturated rings. The van der Waals surface area contributed by atoms with Gasteiger partial charge in [0.25, 0.3) is 0 Å². The Morgan fingerprint density at radius 2 is 1.55 bits per heavy atom. The van der Waals surface area contributed by atoms with Gasteiger partial charge in [-0.05, 0) is 88.6 Å². The van der Waals surface area contributed by atoms with E-state index in [1.165, 1.54) is 48.0 Å². The Bertz CT molecular complexity index is 1490. The van der Waals surface area contributed by atoms with E-state index in [1.807, 2.05) is 26.8 Å². The highest BCUT2D eigenvalue weighted by Crippen LogP contribution is 2.22. The molecule has 0 aliphatic heterocycles. The lowest BCUT2D eigenvalue weighted by atomic mass is 10.0. The molecule has 2 aromatic carbocycles. The second kappa shape index (κ2) is 14.8. The second-order valence-electron chi connectivity index (χ2n) is 9.80. The van der Waals surface area contributed by atoms with Gasteiger partial charge in [-0.1, -0.05) is 30.0 Å². The number of hydrogen-bond donors (Lipinski definition) is 1. The van der Waals surface area contributed by atoms with E-state index in [0.29, 0.717) is 11.1 Å². The Kier molecular flexibility index (Phi) is 12.6. The van der Waals surface area contributed by atoms with Gasteiger partial charge >= 0.3 is 11.9 Å². The molecular weight excluding hydrogens is 530 g/mol. The molecule has 0 aliphatic carbocycles. The lowest BCUT2D eigenvalue weighted by Gasteiger charge is -2.17. The third-order valence-electron chi connectivity index (χ3n) is 5.29. The molecule has 9 heteroatoms. The quantitative estimate of drug-likeness (QED) is 0.323. The van der Waals surface area contributed by atoms with E-state index >= 15 is 0 Å². The standard InChI is InChI=1S/C15H11NO4S.C10H14O.C6H12O2/c1-21(19,20)14-5-3-2-4-12(14)8-6-11-7-9-13(15(17)18)16-10-11;1-7-5-6-10(11-4)9(3)8(7)2;1-5(7)8-6(2,3)4/h2-5,7,9-10H,1H3,(H,17,18);5-6H,1-4H3;1-4H3. The van der Waals surface area contributed by atoms with Crippen LogP contribution in [-0.2, 0) is 19.4 Å². The van der Waals surface area contributed by atoms with Gasteiger partial charge < -0.3 is 14.6 Å². The Balaban J connectivity index is 0.000000351. The number of carboxylic acid groups (broad SMARTS) is 1. The van der Waals surface area contributed by atoms with Gasteiger partial charge in [0.05, 0.1) is 12.0 Å². The van der Waals surface area contributed by atoms with E-state index in [4.69, 9.17) is 14.6 Å². The first kappa shape index (κ1) is 33.9. The lowest BCUT2D eigenvalue weighted by molar-refractivity contribution is -0.151. The van der Waals surface area contributed by atoms with Gasteiger partial charge in [0.1, 0.15) is 17.0 Å². The number of pyridine rings is 1. The van der Waals surface area contributed by atoms with Crippen LogP contribution in [0.15, 0.2) is 59.6 Å². The molecule has 40 heavy (non-hydrogen) atoms. The molecule has 1 heterocycles. The van der Waals surface area contributed by atoms with Gasteiger partial charge in [0, 0.05) is 30.5 Å². The van der Waals surface area contributed by atoms with Crippen molar-refractivity contribution in [2.24, 2.45) is 0 Å². The highest BCUT2D eigenvalue weighted by molar-refractivity contribution is 7.90. The molecule has 1 aromatic heterocycles. The summed E-state index contributed by atoms with van der Waals surface area (Å²) >= 11 is 0. The number of carboxylic acids is 1. The Labute approximate surface area is 237 Å². The van der Waals surface area contributed by atoms with Crippen LogP contribution in [-0.4, -0.2) is 49.4 Å². The summed E-state index contributed by atoms with van der Waals surface area (Å²) in [6.07, 6.45) is 2.45. The second-order valence-corrected chi connectivity index (χ2v) is 11.8. The summed E-state index contributed by atoms with van der Waals surface area (Å²) in [6, 6.07) is 13.4. The van der Waals surface area contributed by atoms with Crippen molar-refractivity contribution in [3.8, 4) is 17.6 Å². The molecule has 0 amide bonds. The molecule has 3 rings (SSSR count). The first-order valence-electron chi connectivity index (χ1n) is 12.3. The van der Waals surface area contributed by atoms with Gasteiger partial charge in [0.15, 0.2) is 9.84 Å². The van der Waals surface area contributed by atoms with Crippen LogP contribution in [0.2, 0.25) is 0 Å². The zero-order valence-electron chi connectivity index (χ0n) is 24.4. The van der Waals surface area contributed by atoms with E-state index in [1.54, 1.807) is 25.3 Å². The minimum atomic E-state index is -3.35. The predicted octanol–water partition coefficient (Wildman–Crippen LogP) is 5.55. The van der Waals surface area contributed by atoms with Gasteiger partial charge in [0.2, 0.25) is 0 Å². The number of carbonyl (C=O) groups excluding carboxylic acids is 1. The van der Waals surface area contributed by atoms with Crippen LogP contribution >= 0.6 is 0 Å². The molecular formula is C31H37NO7S. The van der Waals surface area contributed by atoms with Crippen LogP contribution in [0.4, 0.5) is 0 Å². The number of rotatable bonds is 3. The van der Waals surface area contributed by atoms with Crippen LogP contribution in [0, 0.1) is 32.6 Å². The summed E-state index contributed by atoms with van der Waals surface area (Å²) in [5.41, 5.74) is 4.38. The molecule has 0 atom stereocenters. The van der Waals surface area contributed by atoms with Crippen LogP contribution < -0.4 is 4.74 Å². The molecule has 8 nitrogen and oxygen atoms in total. The highest BCUT2D eigenvalue weighted by Gasteiger charge is 2.12. The fourth-order valence-corrected chi connectivity index (χ4v) is 4.05. The molecule has 1 N–H and O–H groups in total. The normalized spacial score (nSPS) is 10.4. The number of aromatic carboxylic acids is 1. The number of nitrogens with zero attached hydrogens (tertiary/aromatic N) is 1. The van der Waals surface area contributed by atoms with Crippen LogP contribution in [0.1, 0.15) is 66.0 Å². The number of ether oxygens (including phenoxy) is 2. The van der Waals surface area contributed by atoms with Gasteiger partial charge in [-0.3, -0.25) is 4.79 Å². The summed E-state index contributed by atoms with van der Waals surface area (Å²) < 4.78 is 33.3. The summed E-state index contributed by atoms with van der Waals surface area (Å²) in [6.45, 7) is 13.2. The van der Waals surface area contributed by atoms with Crippen molar-refractivity contribution in [2.75, 3.05) is 13.4 Å². The average Bonchev–Trinajstić information content (AvgIpc) is 2.85. The fourth-order valence-electron chi connectivity index (χ4n) is 3.21. The average molecular weight is 568 g/mol. The summed E-state index contributed by atoms with van der Waals surface area (Å²) in [5.74, 6) is 5.18. The van der Waals surface area contributed by atoms with Crippen molar-refractivity contribution in [1.82, 2.24) is 4.98 Å². The Hall–Kier alpha value is -4.16. The summed E-state index contributed by atoms with van der Waals surface area (Å²) in [4.78, 5) is 24.8. The van der Waals surface area contributed by atoms with Crippen molar-refractivity contribution in [3.05, 3.63) is 88.2 Å². The summed E-state index contributed by atoms with van der Waals surface area (Å²) in [5, 5.41) is 8.74. The Morgan fingerprint density at radius 3 is 2.00 bits per heavy atom. The smallest absolute Gasteiger partial charge is 0.354 e. The molecule has 0 bridgehead atoms. The number of aromatic nitrogens is 1. The number of carbonyl (C=O) groups is 2. The maximum atomic E-state index is 11.6. The number of esters is 1. The van der Waals surface area contributed by atoms with E-state index in [9.17, 15) is 18.0 Å². The molecule has 0 radical (unpaired) electrons. The van der Waals surface area contributed by atoms with Crippen LogP contribution in [0.5, 0.6) is 5.75 Å². The largest absolute Gasteiger partial charge is 0.496 e. The first-order chi connectivity index (χ1) is 18.5. The van der Waals surface area contributed by atoms with Crippen molar-refractivity contribution >= 4 is 21.8 Å². The number of benzene rings is 2. The zero-order valence-corrected chi connectivity index (χ0v) is 25.3. The minimum absolute atomic E-state index is 0.0721. The van der Waals surface area contributed by atoms with E-state index < -0.39 is 15.8 Å². The highest BCUT2D eigenvalue weighted by atomic mass is 32.2. The lowest BCUT2D eigenvalue weighted by Crippen LogP contribution is -2.21. The molecule has 0 unspecified atom stereocenters. The van der Waals surface area contributed by atoms with Gasteiger partial charge in [-0.25, -0.2) is 18.2 Å². The fraction of sp³-hybridized carbons (Fsp3) is 0.323. The number of methoxy groups -OCH3 is 1. The van der Waals surface area contributed by atoms with Gasteiger partial charge in [-0.2, -0.15) is 0 Å². The van der Waals surface area contributed by atoms with E-state index in [2.05, 4.69) is 43.7 Å². The molecule has 0 aliphatic rings. The van der Waals surface area contributed by atoms with Crippen LogP contribution in [0.25, 0.3) is 0 Å². The minimum Gasteiger partial charge on any atom is -0.496 e. The van der Waals surface area contributed by atoms with Crippen molar-refractivity contribution < 1.29 is 32.6 Å². The van der Waals surface area contributed by atoms with Crippen LogP contribution in [0.3, 0.4) is 0 Å². The monoisotopic (exact) mass is 567 g/mol. The maximum Gasteiger partial charge on any atom is 0.354 e. The molecule has 0 saturated carbocycles. The van der Waals surface area contributed by atoms with E-state index in [-0.39, 0.29) is 22.2 Å². The predicted molar refractivity (Wildman–Crippen MR) is 155 cm³/mol. The zero-order chi connectivity index (χ0) is 30.7. The third-order valence-corrected chi connectivity index (χ3v) is 6.44. The van der Waals surface area contributed by atoms with Crippen molar-refractivity contribution in [2.45, 2.75) is 59.0 Å². The van der Waals surface area contributed by atoms with Crippen molar-refractivity contribution in [3.63, 3.8) is 0 Å².